The van der Waals surface area contributed by atoms with Crippen molar-refractivity contribution < 1.29 is 24.3 Å². The zero-order valence-electron chi connectivity index (χ0n) is 11.1. The maximum atomic E-state index is 12.3. The van der Waals surface area contributed by atoms with Crippen molar-refractivity contribution in [2.24, 2.45) is 5.73 Å². The van der Waals surface area contributed by atoms with Gasteiger partial charge in [0.25, 0.3) is 5.91 Å². The van der Waals surface area contributed by atoms with E-state index in [1.807, 2.05) is 0 Å². The summed E-state index contributed by atoms with van der Waals surface area (Å²) in [6.07, 6.45) is 0. The van der Waals surface area contributed by atoms with Crippen LogP contribution >= 0.6 is 0 Å². The van der Waals surface area contributed by atoms with Crippen LogP contribution in [0.2, 0.25) is 0 Å². The van der Waals surface area contributed by atoms with Gasteiger partial charge in [-0.05, 0) is 24.6 Å². The zero-order chi connectivity index (χ0) is 15.8. The highest BCUT2D eigenvalue weighted by Gasteiger charge is 2.49. The molecule has 1 heterocycles. The first kappa shape index (κ1) is 14.5. The van der Waals surface area contributed by atoms with E-state index in [2.05, 4.69) is 5.32 Å². The van der Waals surface area contributed by atoms with E-state index in [1.54, 1.807) is 0 Å². The Hall–Kier alpha value is -2.90. The molecule has 4 N–H and O–H groups in total. The van der Waals surface area contributed by atoms with Gasteiger partial charge < -0.3 is 16.2 Å². The van der Waals surface area contributed by atoms with E-state index < -0.39 is 35.9 Å². The molecule has 0 spiro atoms. The number of primary amides is 1. The van der Waals surface area contributed by atoms with Crippen molar-refractivity contribution in [3.05, 3.63) is 35.4 Å². The van der Waals surface area contributed by atoms with Crippen molar-refractivity contribution in [3.63, 3.8) is 0 Å². The SMILES string of the molecule is C[C@@]1(c2ccc(C(N)=O)cc2)NC(=O)N(CC(=O)O)C1=O. The minimum absolute atomic E-state index is 0.265. The van der Waals surface area contributed by atoms with Gasteiger partial charge in [-0.15, -0.1) is 0 Å². The van der Waals surface area contributed by atoms with E-state index in [1.165, 1.54) is 31.2 Å². The van der Waals surface area contributed by atoms with E-state index >= 15 is 0 Å². The molecule has 8 nitrogen and oxygen atoms in total. The maximum absolute atomic E-state index is 12.3. The molecule has 0 saturated carbocycles. The first-order valence-electron chi connectivity index (χ1n) is 6.02. The number of carbonyl (C=O) groups excluding carboxylic acids is 3. The zero-order valence-corrected chi connectivity index (χ0v) is 11.1. The quantitative estimate of drug-likeness (QED) is 0.652. The Kier molecular flexibility index (Phi) is 3.38. The number of benzene rings is 1. The minimum atomic E-state index is -1.37. The number of hydrogen-bond acceptors (Lipinski definition) is 4. The van der Waals surface area contributed by atoms with Crippen LogP contribution in [0.4, 0.5) is 4.79 Å². The van der Waals surface area contributed by atoms with Gasteiger partial charge in [0.15, 0.2) is 0 Å². The van der Waals surface area contributed by atoms with Gasteiger partial charge in [0.2, 0.25) is 5.91 Å². The largest absolute Gasteiger partial charge is 0.480 e. The number of carbonyl (C=O) groups is 4. The third-order valence-corrected chi connectivity index (χ3v) is 3.32. The summed E-state index contributed by atoms with van der Waals surface area (Å²) < 4.78 is 0. The molecule has 2 rings (SSSR count). The number of urea groups is 1. The van der Waals surface area contributed by atoms with E-state index in [-0.39, 0.29) is 5.56 Å². The second kappa shape index (κ2) is 4.89. The van der Waals surface area contributed by atoms with E-state index in [4.69, 9.17) is 10.8 Å². The molecule has 0 aliphatic carbocycles. The third-order valence-electron chi connectivity index (χ3n) is 3.32. The first-order chi connectivity index (χ1) is 9.75. The van der Waals surface area contributed by atoms with Crippen molar-refractivity contribution >= 4 is 23.8 Å². The molecule has 1 fully saturated rings. The standard InChI is InChI=1S/C13H13N3O5/c1-13(8-4-2-7(3-5-8)10(14)19)11(20)16(6-9(17)18)12(21)15-13/h2-5H,6H2,1H3,(H2,14,19)(H,15,21)(H,17,18)/t13-/m0/s1. The molecule has 0 aromatic heterocycles. The highest BCUT2D eigenvalue weighted by molar-refractivity contribution is 6.08. The summed E-state index contributed by atoms with van der Waals surface area (Å²) in [6.45, 7) is 0.758. The van der Waals surface area contributed by atoms with Gasteiger partial charge in [-0.2, -0.15) is 0 Å². The fourth-order valence-corrected chi connectivity index (χ4v) is 2.14. The highest BCUT2D eigenvalue weighted by atomic mass is 16.4. The number of carboxylic acid groups (broad SMARTS) is 1. The Morgan fingerprint density at radius 1 is 1.29 bits per heavy atom. The molecule has 1 atom stereocenters. The summed E-state index contributed by atoms with van der Waals surface area (Å²) in [7, 11) is 0. The van der Waals surface area contributed by atoms with Crippen LogP contribution in [0.5, 0.6) is 0 Å². The monoisotopic (exact) mass is 291 g/mol. The molecule has 21 heavy (non-hydrogen) atoms. The summed E-state index contributed by atoms with van der Waals surface area (Å²) >= 11 is 0. The summed E-state index contributed by atoms with van der Waals surface area (Å²) in [6, 6.07) is 5.07. The molecule has 1 aliphatic heterocycles. The molecule has 110 valence electrons. The summed E-state index contributed by atoms with van der Waals surface area (Å²) in [4.78, 5) is 46.4. The van der Waals surface area contributed by atoms with Gasteiger partial charge in [0.1, 0.15) is 12.1 Å². The normalized spacial score (nSPS) is 21.3. The van der Waals surface area contributed by atoms with E-state index in [0.29, 0.717) is 10.5 Å². The number of rotatable bonds is 4. The van der Waals surface area contributed by atoms with Crippen LogP contribution in [-0.4, -0.2) is 40.4 Å². The predicted octanol–water partition coefficient (Wildman–Crippen LogP) is -0.363. The van der Waals surface area contributed by atoms with Crippen LogP contribution in [0, 0.1) is 0 Å². The lowest BCUT2D eigenvalue weighted by Gasteiger charge is -2.22. The number of imide groups is 1. The number of nitrogens with one attached hydrogen (secondary N) is 1. The molecule has 8 heteroatoms. The summed E-state index contributed by atoms with van der Waals surface area (Å²) in [5, 5.41) is 11.2. The predicted molar refractivity (Wildman–Crippen MR) is 70.2 cm³/mol. The number of aliphatic carboxylic acids is 1. The smallest absolute Gasteiger partial charge is 0.325 e. The lowest BCUT2D eigenvalue weighted by atomic mass is 9.91. The number of carboxylic acids is 1. The lowest BCUT2D eigenvalue weighted by Crippen LogP contribution is -2.41. The second-order valence-electron chi connectivity index (χ2n) is 4.78. The molecule has 1 aromatic carbocycles. The molecular weight excluding hydrogens is 278 g/mol. The van der Waals surface area contributed by atoms with Crippen LogP contribution in [0.3, 0.4) is 0 Å². The van der Waals surface area contributed by atoms with Gasteiger partial charge in [0.05, 0.1) is 0 Å². The average Bonchev–Trinajstić information content (AvgIpc) is 2.63. The highest BCUT2D eigenvalue weighted by Crippen LogP contribution is 2.28. The fraction of sp³-hybridized carbons (Fsp3) is 0.231. The number of hydrogen-bond donors (Lipinski definition) is 3. The van der Waals surface area contributed by atoms with Crippen LogP contribution in [0.25, 0.3) is 0 Å². The third kappa shape index (κ3) is 2.42. The molecule has 0 radical (unpaired) electrons. The molecule has 1 saturated heterocycles. The van der Waals surface area contributed by atoms with Gasteiger partial charge in [-0.1, -0.05) is 12.1 Å². The van der Waals surface area contributed by atoms with Gasteiger partial charge in [0, 0.05) is 5.56 Å². The Bertz CT molecular complexity index is 640. The van der Waals surface area contributed by atoms with Gasteiger partial charge >= 0.3 is 12.0 Å². The van der Waals surface area contributed by atoms with E-state index in [9.17, 15) is 19.2 Å². The molecule has 0 unspecified atom stereocenters. The van der Waals surface area contributed by atoms with Crippen LogP contribution in [-0.2, 0) is 15.1 Å². The molecule has 1 aliphatic rings. The van der Waals surface area contributed by atoms with Crippen LogP contribution in [0.1, 0.15) is 22.8 Å². The number of amides is 4. The van der Waals surface area contributed by atoms with Crippen LogP contribution < -0.4 is 11.1 Å². The lowest BCUT2D eigenvalue weighted by molar-refractivity contribution is -0.142. The minimum Gasteiger partial charge on any atom is -0.480 e. The average molecular weight is 291 g/mol. The molecule has 4 amide bonds. The van der Waals surface area contributed by atoms with Crippen LogP contribution in [0.15, 0.2) is 24.3 Å². The van der Waals surface area contributed by atoms with Crippen molar-refractivity contribution in [2.45, 2.75) is 12.5 Å². The van der Waals surface area contributed by atoms with Crippen molar-refractivity contribution in [2.75, 3.05) is 6.54 Å². The number of nitrogens with zero attached hydrogens (tertiary/aromatic N) is 1. The number of nitrogens with two attached hydrogens (primary N) is 1. The Morgan fingerprint density at radius 2 is 1.86 bits per heavy atom. The fourth-order valence-electron chi connectivity index (χ4n) is 2.14. The summed E-state index contributed by atoms with van der Waals surface area (Å²) in [5.41, 5.74) is 4.45. The van der Waals surface area contributed by atoms with Crippen molar-refractivity contribution in [1.29, 1.82) is 0 Å². The molecule has 1 aromatic rings. The van der Waals surface area contributed by atoms with E-state index in [0.717, 1.165) is 0 Å². The molecule has 0 bridgehead atoms. The second-order valence-corrected chi connectivity index (χ2v) is 4.78. The van der Waals surface area contributed by atoms with Gasteiger partial charge in [-0.3, -0.25) is 19.3 Å². The van der Waals surface area contributed by atoms with Crippen molar-refractivity contribution in [1.82, 2.24) is 10.2 Å². The first-order valence-corrected chi connectivity index (χ1v) is 6.02. The summed E-state index contributed by atoms with van der Waals surface area (Å²) in [5.74, 6) is -2.56. The molecular formula is C13H13N3O5. The Balaban J connectivity index is 2.34. The Morgan fingerprint density at radius 3 is 2.33 bits per heavy atom. The van der Waals surface area contributed by atoms with Crippen molar-refractivity contribution in [3.8, 4) is 0 Å². The maximum Gasteiger partial charge on any atom is 0.325 e. The topological polar surface area (TPSA) is 130 Å². The van der Waals surface area contributed by atoms with Gasteiger partial charge in [-0.25, -0.2) is 4.79 Å². The Labute approximate surface area is 119 Å².